The maximum absolute atomic E-state index is 11.1. The molecule has 0 aliphatic heterocycles. The van der Waals surface area contributed by atoms with Crippen LogP contribution >= 0.6 is 11.3 Å². The third-order valence-corrected chi connectivity index (χ3v) is 4.13. The molecule has 19 heavy (non-hydrogen) atoms. The number of carbonyl (C=O) groups is 1. The number of carboxylic acids is 1. The number of benzene rings is 1. The number of carboxylic acid groups (broad SMARTS) is 1. The molecule has 1 heterocycles. The second-order valence-corrected chi connectivity index (χ2v) is 4.93. The fourth-order valence-corrected chi connectivity index (χ4v) is 2.90. The van der Waals surface area contributed by atoms with E-state index >= 15 is 0 Å². The second kappa shape index (κ2) is 5.12. The number of thiophene rings is 1. The van der Waals surface area contributed by atoms with Crippen molar-refractivity contribution in [3.05, 3.63) is 40.3 Å². The molecular weight excluding hydrogens is 262 g/mol. The average Bonchev–Trinajstić information content (AvgIpc) is 2.76. The van der Waals surface area contributed by atoms with Gasteiger partial charge in [0.15, 0.2) is 0 Å². The van der Waals surface area contributed by atoms with Gasteiger partial charge in [-0.15, -0.1) is 11.3 Å². The molecule has 1 aromatic carbocycles. The third-order valence-electron chi connectivity index (χ3n) is 2.81. The first-order chi connectivity index (χ1) is 9.08. The molecule has 0 saturated carbocycles. The molecule has 2 rings (SSSR count). The van der Waals surface area contributed by atoms with Crippen LogP contribution in [0.5, 0.6) is 5.75 Å². The molecule has 96 valence electrons. The fraction of sp³-hybridized carbons (Fsp3) is 0.143. The fourth-order valence-electron chi connectivity index (χ4n) is 1.80. The minimum absolute atomic E-state index is 0.211. The smallest absolute Gasteiger partial charge is 0.346 e. The number of nitrogens with zero attached hydrogens (tertiary/aromatic N) is 1. The Labute approximate surface area is 114 Å². The van der Waals surface area contributed by atoms with Gasteiger partial charge >= 0.3 is 5.97 Å². The summed E-state index contributed by atoms with van der Waals surface area (Å²) in [6, 6.07) is 9.28. The molecule has 5 heteroatoms. The van der Waals surface area contributed by atoms with Gasteiger partial charge in [0, 0.05) is 0 Å². The van der Waals surface area contributed by atoms with Crippen LogP contribution in [0.1, 0.15) is 20.8 Å². The number of ether oxygens (including phenoxy) is 1. The zero-order chi connectivity index (χ0) is 14.0. The number of hydrogen-bond acceptors (Lipinski definition) is 4. The number of nitriles is 1. The van der Waals surface area contributed by atoms with Gasteiger partial charge in [-0.25, -0.2) is 4.79 Å². The van der Waals surface area contributed by atoms with Gasteiger partial charge in [0.1, 0.15) is 16.7 Å². The molecule has 1 aromatic heterocycles. The summed E-state index contributed by atoms with van der Waals surface area (Å²) in [7, 11) is 1.58. The van der Waals surface area contributed by atoms with Gasteiger partial charge in [-0.1, -0.05) is 0 Å². The molecule has 0 radical (unpaired) electrons. The van der Waals surface area contributed by atoms with Crippen LogP contribution in [0.3, 0.4) is 0 Å². The Kier molecular flexibility index (Phi) is 3.54. The van der Waals surface area contributed by atoms with Crippen LogP contribution in [0, 0.1) is 18.3 Å². The summed E-state index contributed by atoms with van der Waals surface area (Å²) in [5, 5.41) is 18.3. The molecule has 0 aliphatic rings. The van der Waals surface area contributed by atoms with Crippen molar-refractivity contribution in [1.82, 2.24) is 0 Å². The highest BCUT2D eigenvalue weighted by Gasteiger charge is 2.20. The molecule has 0 bridgehead atoms. The molecule has 4 nitrogen and oxygen atoms in total. The van der Waals surface area contributed by atoms with Gasteiger partial charge in [-0.2, -0.15) is 5.26 Å². The molecule has 2 aromatic rings. The normalized spacial score (nSPS) is 9.95. The second-order valence-electron chi connectivity index (χ2n) is 3.91. The van der Waals surface area contributed by atoms with Crippen molar-refractivity contribution in [2.75, 3.05) is 7.11 Å². The van der Waals surface area contributed by atoms with Crippen molar-refractivity contribution in [3.63, 3.8) is 0 Å². The maximum Gasteiger partial charge on any atom is 0.346 e. The summed E-state index contributed by atoms with van der Waals surface area (Å²) >= 11 is 1.12. The SMILES string of the molecule is COc1ccc(-c2sc(C(=O)O)c(C)c2C#N)cc1. The number of aromatic carboxylic acids is 1. The monoisotopic (exact) mass is 273 g/mol. The molecule has 0 unspecified atom stereocenters. The summed E-state index contributed by atoms with van der Waals surface area (Å²) in [5.74, 6) is -0.284. The Morgan fingerprint density at radius 3 is 2.47 bits per heavy atom. The van der Waals surface area contributed by atoms with Crippen LogP contribution in [0.25, 0.3) is 10.4 Å². The number of methoxy groups -OCH3 is 1. The highest BCUT2D eigenvalue weighted by atomic mass is 32.1. The minimum Gasteiger partial charge on any atom is -0.497 e. The molecule has 0 fully saturated rings. The summed E-state index contributed by atoms with van der Waals surface area (Å²) in [4.78, 5) is 12.0. The van der Waals surface area contributed by atoms with Gasteiger partial charge in [0.25, 0.3) is 0 Å². The largest absolute Gasteiger partial charge is 0.497 e. The molecule has 0 spiro atoms. The molecule has 1 N–H and O–H groups in total. The van der Waals surface area contributed by atoms with E-state index in [0.717, 1.165) is 16.9 Å². The lowest BCUT2D eigenvalue weighted by atomic mass is 10.1. The first-order valence-electron chi connectivity index (χ1n) is 5.49. The highest BCUT2D eigenvalue weighted by Crippen LogP contribution is 2.36. The third kappa shape index (κ3) is 2.30. The first kappa shape index (κ1) is 13.1. The topological polar surface area (TPSA) is 70.3 Å². The van der Waals surface area contributed by atoms with E-state index in [9.17, 15) is 10.1 Å². The van der Waals surface area contributed by atoms with E-state index in [1.54, 1.807) is 26.2 Å². The minimum atomic E-state index is -1.00. The van der Waals surface area contributed by atoms with Crippen LogP contribution in [0.4, 0.5) is 0 Å². The Hall–Kier alpha value is -2.32. The number of hydrogen-bond donors (Lipinski definition) is 1. The highest BCUT2D eigenvalue weighted by molar-refractivity contribution is 7.17. The van der Waals surface area contributed by atoms with Crippen LogP contribution < -0.4 is 4.74 Å². The Bertz CT molecular complexity index is 665. The molecule has 0 atom stereocenters. The summed E-state index contributed by atoms with van der Waals surface area (Å²) in [6.07, 6.45) is 0. The predicted molar refractivity (Wildman–Crippen MR) is 72.7 cm³/mol. The van der Waals surface area contributed by atoms with Gasteiger partial charge in [0.05, 0.1) is 17.6 Å². The van der Waals surface area contributed by atoms with Gasteiger partial charge in [-0.05, 0) is 42.3 Å². The summed E-state index contributed by atoms with van der Waals surface area (Å²) < 4.78 is 5.07. The van der Waals surface area contributed by atoms with Crippen molar-refractivity contribution < 1.29 is 14.6 Å². The van der Waals surface area contributed by atoms with Gasteiger partial charge < -0.3 is 9.84 Å². The van der Waals surface area contributed by atoms with E-state index in [2.05, 4.69) is 6.07 Å². The van der Waals surface area contributed by atoms with Crippen LogP contribution in [0.2, 0.25) is 0 Å². The van der Waals surface area contributed by atoms with Gasteiger partial charge in [0.2, 0.25) is 0 Å². The summed E-state index contributed by atoms with van der Waals surface area (Å²) in [6.45, 7) is 1.66. The van der Waals surface area contributed by atoms with Crippen molar-refractivity contribution in [1.29, 1.82) is 5.26 Å². The lowest BCUT2D eigenvalue weighted by Gasteiger charge is -2.01. The predicted octanol–water partition coefficient (Wildman–Crippen LogP) is 3.30. The van der Waals surface area contributed by atoms with Crippen molar-refractivity contribution in [2.24, 2.45) is 0 Å². The lowest BCUT2D eigenvalue weighted by molar-refractivity contribution is 0.0701. The lowest BCUT2D eigenvalue weighted by Crippen LogP contribution is -1.94. The van der Waals surface area contributed by atoms with E-state index in [0.29, 0.717) is 21.8 Å². The van der Waals surface area contributed by atoms with Crippen molar-refractivity contribution in [3.8, 4) is 22.3 Å². The van der Waals surface area contributed by atoms with Crippen LogP contribution in [-0.4, -0.2) is 18.2 Å². The zero-order valence-corrected chi connectivity index (χ0v) is 11.2. The molecule has 0 saturated heterocycles. The van der Waals surface area contributed by atoms with Crippen molar-refractivity contribution in [2.45, 2.75) is 6.92 Å². The van der Waals surface area contributed by atoms with E-state index < -0.39 is 5.97 Å². The van der Waals surface area contributed by atoms with E-state index in [-0.39, 0.29) is 4.88 Å². The number of rotatable bonds is 3. The maximum atomic E-state index is 11.1. The first-order valence-corrected chi connectivity index (χ1v) is 6.31. The average molecular weight is 273 g/mol. The Morgan fingerprint density at radius 2 is 2.00 bits per heavy atom. The van der Waals surface area contributed by atoms with E-state index in [1.165, 1.54) is 0 Å². The van der Waals surface area contributed by atoms with Gasteiger partial charge in [-0.3, -0.25) is 0 Å². The van der Waals surface area contributed by atoms with Crippen LogP contribution in [0.15, 0.2) is 24.3 Å². The summed E-state index contributed by atoms with van der Waals surface area (Å²) in [5.41, 5.74) is 1.76. The molecular formula is C14H11NO3S. The van der Waals surface area contributed by atoms with E-state index in [1.807, 2.05) is 12.1 Å². The molecule has 0 aliphatic carbocycles. The zero-order valence-electron chi connectivity index (χ0n) is 10.4. The Morgan fingerprint density at radius 1 is 1.37 bits per heavy atom. The van der Waals surface area contributed by atoms with Crippen molar-refractivity contribution >= 4 is 17.3 Å². The van der Waals surface area contributed by atoms with E-state index in [4.69, 9.17) is 9.84 Å². The Balaban J connectivity index is 2.58. The molecule has 0 amide bonds. The van der Waals surface area contributed by atoms with Crippen LogP contribution in [-0.2, 0) is 0 Å². The quantitative estimate of drug-likeness (QED) is 0.931. The standard InChI is InChI=1S/C14H11NO3S/c1-8-11(7-15)13(19-12(8)14(16)17)9-3-5-10(18-2)6-4-9/h3-6H,1-2H3,(H,16,17).